The van der Waals surface area contributed by atoms with Crippen molar-refractivity contribution < 1.29 is 37.6 Å². The number of nitrogens with zero attached hydrogens (tertiary/aromatic N) is 2. The van der Waals surface area contributed by atoms with E-state index in [0.717, 1.165) is 25.0 Å². The molecule has 42 heavy (non-hydrogen) atoms. The Balaban J connectivity index is 1.32. The second-order valence-electron chi connectivity index (χ2n) is 9.52. The van der Waals surface area contributed by atoms with Crippen LogP contribution in [0.25, 0.3) is 10.9 Å². The van der Waals surface area contributed by atoms with Gasteiger partial charge in [0.25, 0.3) is 5.91 Å². The van der Waals surface area contributed by atoms with Crippen molar-refractivity contribution in [1.82, 2.24) is 15.3 Å². The molecule has 0 unspecified atom stereocenters. The second-order valence-corrected chi connectivity index (χ2v) is 9.52. The summed E-state index contributed by atoms with van der Waals surface area (Å²) in [5, 5.41) is 14.9. The molecule has 10 nitrogen and oxygen atoms in total. The number of aliphatic hydroxyl groups excluding tert-OH is 1. The van der Waals surface area contributed by atoms with Crippen LogP contribution in [0.3, 0.4) is 0 Å². The first-order chi connectivity index (χ1) is 20.5. The summed E-state index contributed by atoms with van der Waals surface area (Å²) in [5.41, 5.74) is 0.523. The third kappa shape index (κ3) is 7.01. The summed E-state index contributed by atoms with van der Waals surface area (Å²) in [7, 11) is 1.48. The lowest BCUT2D eigenvalue weighted by atomic mass is 10.1. The number of anilines is 1. The van der Waals surface area contributed by atoms with Crippen molar-refractivity contribution in [1.29, 1.82) is 0 Å². The number of fused-ring (bicyclic) bond motifs is 1. The van der Waals surface area contributed by atoms with E-state index in [1.807, 2.05) is 0 Å². The normalized spacial score (nSPS) is 12.7. The fourth-order valence-electron chi connectivity index (χ4n) is 4.13. The summed E-state index contributed by atoms with van der Waals surface area (Å²) in [6.07, 6.45) is 6.86. The van der Waals surface area contributed by atoms with Crippen molar-refractivity contribution in [3.63, 3.8) is 0 Å². The van der Waals surface area contributed by atoms with Crippen molar-refractivity contribution in [3.05, 3.63) is 72.2 Å². The molecule has 0 spiro atoms. The van der Waals surface area contributed by atoms with Gasteiger partial charge in [-0.25, -0.2) is 8.78 Å². The lowest BCUT2D eigenvalue weighted by Gasteiger charge is -2.15. The Morgan fingerprint density at radius 1 is 1.02 bits per heavy atom. The third-order valence-electron chi connectivity index (χ3n) is 6.34. The van der Waals surface area contributed by atoms with Gasteiger partial charge < -0.3 is 34.7 Å². The second kappa shape index (κ2) is 13.4. The fourth-order valence-corrected chi connectivity index (χ4v) is 4.13. The minimum Gasteiger partial charge on any atom is -0.493 e. The van der Waals surface area contributed by atoms with Gasteiger partial charge in [-0.2, -0.15) is 0 Å². The van der Waals surface area contributed by atoms with Crippen LogP contribution >= 0.6 is 0 Å². The van der Waals surface area contributed by atoms with Crippen LogP contribution in [0.15, 0.2) is 55.0 Å². The summed E-state index contributed by atoms with van der Waals surface area (Å²) < 4.78 is 53.0. The number of ether oxygens (including phenoxy) is 4. The molecule has 1 amide bonds. The molecule has 0 saturated heterocycles. The van der Waals surface area contributed by atoms with E-state index >= 15 is 8.78 Å². The number of pyridine rings is 2. The molecule has 1 aliphatic carbocycles. The number of aromatic nitrogens is 2. The van der Waals surface area contributed by atoms with E-state index in [1.54, 1.807) is 18.2 Å². The van der Waals surface area contributed by atoms with Gasteiger partial charge in [-0.05, 0) is 44.0 Å². The molecule has 1 saturated carbocycles. The minimum atomic E-state index is -1.02. The number of halogens is 2. The number of carbonyl (C=O) groups excluding carboxylic acids is 1. The van der Waals surface area contributed by atoms with Crippen molar-refractivity contribution in [2.24, 2.45) is 0 Å². The van der Waals surface area contributed by atoms with E-state index < -0.39 is 23.3 Å². The Morgan fingerprint density at radius 3 is 2.55 bits per heavy atom. The van der Waals surface area contributed by atoms with E-state index in [2.05, 4.69) is 20.6 Å². The molecular formula is C30H30F2N4O6. The molecule has 2 aromatic carbocycles. The quantitative estimate of drug-likeness (QED) is 0.180. The van der Waals surface area contributed by atoms with Crippen LogP contribution in [-0.4, -0.2) is 60.5 Å². The highest BCUT2D eigenvalue weighted by Crippen LogP contribution is 2.39. The molecule has 0 aliphatic heterocycles. The number of hydrogen-bond acceptors (Lipinski definition) is 9. The highest BCUT2D eigenvalue weighted by Gasteiger charge is 2.26. The zero-order valence-electron chi connectivity index (χ0n) is 22.9. The van der Waals surface area contributed by atoms with E-state index in [0.29, 0.717) is 54.3 Å². The number of amides is 1. The van der Waals surface area contributed by atoms with Gasteiger partial charge >= 0.3 is 0 Å². The van der Waals surface area contributed by atoms with Crippen molar-refractivity contribution in [2.75, 3.05) is 38.7 Å². The van der Waals surface area contributed by atoms with Gasteiger partial charge in [0, 0.05) is 54.4 Å². The molecule has 1 fully saturated rings. The highest BCUT2D eigenvalue weighted by atomic mass is 19.1. The average molecular weight is 581 g/mol. The third-order valence-corrected chi connectivity index (χ3v) is 6.34. The molecule has 2 heterocycles. The van der Waals surface area contributed by atoms with Crippen LogP contribution in [0, 0.1) is 11.6 Å². The Morgan fingerprint density at radius 2 is 1.81 bits per heavy atom. The summed E-state index contributed by atoms with van der Waals surface area (Å²) in [6.45, 7) is 1.64. The number of methoxy groups -OCH3 is 1. The SMILES string of the molecule is COc1cc2c(Oc3c(F)cc(NC(=O)c4cnccc4OC4CC4)cc3F)ccnc2cc1OCCCNCCO. The van der Waals surface area contributed by atoms with Gasteiger partial charge in [0.15, 0.2) is 28.9 Å². The van der Waals surface area contributed by atoms with Gasteiger partial charge in [0.1, 0.15) is 11.5 Å². The number of aliphatic hydroxyl groups is 1. The standard InChI is InChI=1S/C30H30F2N4O6/c1-39-27-15-20-24(16-28(27)40-12-2-7-33-10-11-37)35-9-6-25(20)42-29-22(31)13-18(14-23(29)32)36-30(38)21-17-34-8-5-26(21)41-19-3-4-19/h5-6,8-9,13-17,19,33,37H,2-4,7,10-12H2,1H3,(H,36,38). The molecule has 2 aromatic heterocycles. The fraction of sp³-hybridized carbons (Fsp3) is 0.300. The van der Waals surface area contributed by atoms with Crippen molar-refractivity contribution in [3.8, 4) is 28.7 Å². The molecule has 0 radical (unpaired) electrons. The zero-order chi connectivity index (χ0) is 29.5. The molecule has 0 bridgehead atoms. The van der Waals surface area contributed by atoms with Gasteiger partial charge in [-0.1, -0.05) is 0 Å². The largest absolute Gasteiger partial charge is 0.493 e. The Kier molecular flexibility index (Phi) is 9.25. The van der Waals surface area contributed by atoms with E-state index in [-0.39, 0.29) is 29.7 Å². The van der Waals surface area contributed by atoms with Crippen molar-refractivity contribution in [2.45, 2.75) is 25.4 Å². The summed E-state index contributed by atoms with van der Waals surface area (Å²) in [4.78, 5) is 21.1. The summed E-state index contributed by atoms with van der Waals surface area (Å²) in [5.74, 6) is -1.95. The van der Waals surface area contributed by atoms with Gasteiger partial charge in [-0.15, -0.1) is 0 Å². The lowest BCUT2D eigenvalue weighted by molar-refractivity contribution is 0.102. The number of benzene rings is 2. The Hall–Kier alpha value is -4.55. The molecule has 220 valence electrons. The monoisotopic (exact) mass is 580 g/mol. The van der Waals surface area contributed by atoms with Gasteiger partial charge in [-0.3, -0.25) is 14.8 Å². The lowest BCUT2D eigenvalue weighted by Crippen LogP contribution is -2.20. The maximum atomic E-state index is 15.1. The van der Waals surface area contributed by atoms with Gasteiger partial charge in [0.2, 0.25) is 0 Å². The first kappa shape index (κ1) is 29.0. The molecule has 12 heteroatoms. The number of hydrogen-bond donors (Lipinski definition) is 3. The molecule has 5 rings (SSSR count). The van der Waals surface area contributed by atoms with E-state index in [4.69, 9.17) is 24.1 Å². The predicted octanol–water partition coefficient (Wildman–Crippen LogP) is 4.85. The van der Waals surface area contributed by atoms with Crippen LogP contribution in [-0.2, 0) is 0 Å². The van der Waals surface area contributed by atoms with Crippen LogP contribution in [0.5, 0.6) is 28.7 Å². The highest BCUT2D eigenvalue weighted by molar-refractivity contribution is 6.06. The smallest absolute Gasteiger partial charge is 0.261 e. The van der Waals surface area contributed by atoms with Crippen LogP contribution in [0.4, 0.5) is 14.5 Å². The molecule has 1 aliphatic rings. The topological polar surface area (TPSA) is 124 Å². The molecule has 4 aromatic rings. The molecule has 3 N–H and O–H groups in total. The molecular weight excluding hydrogens is 550 g/mol. The predicted molar refractivity (Wildman–Crippen MR) is 151 cm³/mol. The summed E-state index contributed by atoms with van der Waals surface area (Å²) in [6, 6.07) is 8.28. The first-order valence-electron chi connectivity index (χ1n) is 13.5. The van der Waals surface area contributed by atoms with Crippen LogP contribution in [0.1, 0.15) is 29.6 Å². The van der Waals surface area contributed by atoms with E-state index in [9.17, 15) is 4.79 Å². The zero-order valence-corrected chi connectivity index (χ0v) is 22.9. The number of carbonyl (C=O) groups is 1. The van der Waals surface area contributed by atoms with E-state index in [1.165, 1.54) is 31.8 Å². The Bertz CT molecular complexity index is 1540. The average Bonchev–Trinajstić information content (AvgIpc) is 3.80. The summed E-state index contributed by atoms with van der Waals surface area (Å²) >= 11 is 0. The van der Waals surface area contributed by atoms with Crippen LogP contribution in [0.2, 0.25) is 0 Å². The number of nitrogens with one attached hydrogen (secondary N) is 2. The van der Waals surface area contributed by atoms with Crippen LogP contribution < -0.4 is 29.6 Å². The van der Waals surface area contributed by atoms with Crippen molar-refractivity contribution >= 4 is 22.5 Å². The molecule has 0 atom stereocenters. The maximum absolute atomic E-state index is 15.1. The maximum Gasteiger partial charge on any atom is 0.261 e. The minimum absolute atomic E-state index is 0.0546. The Labute approximate surface area is 240 Å². The number of rotatable bonds is 14. The first-order valence-corrected chi connectivity index (χ1v) is 13.5. The van der Waals surface area contributed by atoms with Gasteiger partial charge in [0.05, 0.1) is 37.5 Å².